The number of hydrogen-bond acceptors (Lipinski definition) is 5. The van der Waals surface area contributed by atoms with Gasteiger partial charge in [-0.1, -0.05) is 5.21 Å². The standard InChI is InChI=1S/C10H19N5O2/c1-14(4-3-5-17-2)10(16)8-15-7-9(6-11)12-13-15/h7H,3-6,8,11H2,1-2H3. The summed E-state index contributed by atoms with van der Waals surface area (Å²) in [6, 6.07) is 0. The highest BCUT2D eigenvalue weighted by Gasteiger charge is 2.10. The van der Waals surface area contributed by atoms with Crippen LogP contribution in [0.2, 0.25) is 0 Å². The third kappa shape index (κ3) is 4.49. The van der Waals surface area contributed by atoms with Crippen LogP contribution in [0, 0.1) is 0 Å². The molecule has 0 radical (unpaired) electrons. The van der Waals surface area contributed by atoms with Gasteiger partial charge in [-0.15, -0.1) is 5.10 Å². The topological polar surface area (TPSA) is 86.3 Å². The van der Waals surface area contributed by atoms with E-state index in [9.17, 15) is 4.79 Å². The average molecular weight is 241 g/mol. The fraction of sp³-hybridized carbons (Fsp3) is 0.700. The maximum absolute atomic E-state index is 11.8. The Morgan fingerprint density at radius 3 is 3.00 bits per heavy atom. The predicted molar refractivity (Wildman–Crippen MR) is 62.0 cm³/mol. The Morgan fingerprint density at radius 1 is 1.65 bits per heavy atom. The van der Waals surface area contributed by atoms with Crippen LogP contribution in [0.5, 0.6) is 0 Å². The van der Waals surface area contributed by atoms with Crippen LogP contribution < -0.4 is 5.73 Å². The summed E-state index contributed by atoms with van der Waals surface area (Å²) in [5.41, 5.74) is 6.09. The lowest BCUT2D eigenvalue weighted by Crippen LogP contribution is -2.31. The van der Waals surface area contributed by atoms with Crippen molar-refractivity contribution in [1.82, 2.24) is 19.9 Å². The zero-order valence-electron chi connectivity index (χ0n) is 10.3. The van der Waals surface area contributed by atoms with E-state index in [0.29, 0.717) is 25.4 Å². The third-order valence-corrected chi connectivity index (χ3v) is 2.36. The largest absolute Gasteiger partial charge is 0.385 e. The minimum Gasteiger partial charge on any atom is -0.385 e. The van der Waals surface area contributed by atoms with Gasteiger partial charge >= 0.3 is 0 Å². The molecule has 0 aliphatic carbocycles. The summed E-state index contributed by atoms with van der Waals surface area (Å²) in [5.74, 6) is -0.00502. The highest BCUT2D eigenvalue weighted by molar-refractivity contribution is 5.75. The molecule has 1 rings (SSSR count). The summed E-state index contributed by atoms with van der Waals surface area (Å²) in [6.07, 6.45) is 2.51. The van der Waals surface area contributed by atoms with E-state index < -0.39 is 0 Å². The van der Waals surface area contributed by atoms with Crippen LogP contribution in [-0.4, -0.2) is 53.1 Å². The van der Waals surface area contributed by atoms with Crippen molar-refractivity contribution in [1.29, 1.82) is 0 Å². The molecule has 96 valence electrons. The summed E-state index contributed by atoms with van der Waals surface area (Å²) in [4.78, 5) is 13.4. The number of methoxy groups -OCH3 is 1. The van der Waals surface area contributed by atoms with E-state index in [0.717, 1.165) is 6.42 Å². The highest BCUT2D eigenvalue weighted by atomic mass is 16.5. The molecule has 1 amide bonds. The molecule has 7 nitrogen and oxygen atoms in total. The van der Waals surface area contributed by atoms with Gasteiger partial charge in [-0.3, -0.25) is 4.79 Å². The van der Waals surface area contributed by atoms with Crippen molar-refractivity contribution in [2.75, 3.05) is 27.3 Å². The van der Waals surface area contributed by atoms with Crippen molar-refractivity contribution in [2.45, 2.75) is 19.5 Å². The van der Waals surface area contributed by atoms with Crippen LogP contribution in [0.15, 0.2) is 6.20 Å². The van der Waals surface area contributed by atoms with Crippen LogP contribution in [-0.2, 0) is 22.6 Å². The number of ether oxygens (including phenoxy) is 1. The van der Waals surface area contributed by atoms with Gasteiger partial charge in [0.15, 0.2) is 0 Å². The molecule has 17 heavy (non-hydrogen) atoms. The highest BCUT2D eigenvalue weighted by Crippen LogP contribution is 1.95. The van der Waals surface area contributed by atoms with Crippen LogP contribution in [0.1, 0.15) is 12.1 Å². The van der Waals surface area contributed by atoms with E-state index >= 15 is 0 Å². The minimum absolute atomic E-state index is 0.00502. The van der Waals surface area contributed by atoms with Gasteiger partial charge in [0.05, 0.1) is 11.9 Å². The second-order valence-corrected chi connectivity index (χ2v) is 3.77. The first kappa shape index (κ1) is 13.6. The monoisotopic (exact) mass is 241 g/mol. The van der Waals surface area contributed by atoms with E-state index in [1.807, 2.05) is 0 Å². The van der Waals surface area contributed by atoms with Crippen molar-refractivity contribution in [3.8, 4) is 0 Å². The van der Waals surface area contributed by atoms with Crippen molar-refractivity contribution in [3.63, 3.8) is 0 Å². The molecule has 0 fully saturated rings. The van der Waals surface area contributed by atoms with Crippen molar-refractivity contribution in [2.24, 2.45) is 5.73 Å². The van der Waals surface area contributed by atoms with Gasteiger partial charge in [0.2, 0.25) is 5.91 Å². The number of rotatable bonds is 7. The maximum atomic E-state index is 11.8. The van der Waals surface area contributed by atoms with Gasteiger partial charge in [0.25, 0.3) is 0 Å². The molecule has 0 unspecified atom stereocenters. The Hall–Kier alpha value is -1.47. The molecular formula is C10H19N5O2. The number of amides is 1. The van der Waals surface area contributed by atoms with Gasteiger partial charge in [-0.25, -0.2) is 4.68 Å². The van der Waals surface area contributed by atoms with E-state index in [1.54, 1.807) is 25.3 Å². The molecule has 0 saturated heterocycles. The lowest BCUT2D eigenvalue weighted by molar-refractivity contribution is -0.130. The van der Waals surface area contributed by atoms with Crippen molar-refractivity contribution < 1.29 is 9.53 Å². The second-order valence-electron chi connectivity index (χ2n) is 3.77. The first-order chi connectivity index (χ1) is 8.17. The van der Waals surface area contributed by atoms with E-state index in [1.165, 1.54) is 4.68 Å². The molecule has 0 aliphatic heterocycles. The molecule has 0 bridgehead atoms. The van der Waals surface area contributed by atoms with Gasteiger partial charge < -0.3 is 15.4 Å². The molecule has 1 aromatic rings. The SMILES string of the molecule is COCCCN(C)C(=O)Cn1cc(CN)nn1. The molecule has 0 spiro atoms. The number of carbonyl (C=O) groups excluding carboxylic acids is 1. The Bertz CT molecular complexity index is 352. The molecular weight excluding hydrogens is 222 g/mol. The second kappa shape index (κ2) is 6.97. The molecule has 0 aromatic carbocycles. The lowest BCUT2D eigenvalue weighted by atomic mass is 10.4. The summed E-state index contributed by atoms with van der Waals surface area (Å²) in [7, 11) is 3.41. The fourth-order valence-corrected chi connectivity index (χ4v) is 1.34. The zero-order valence-corrected chi connectivity index (χ0v) is 10.3. The molecule has 0 saturated carbocycles. The van der Waals surface area contributed by atoms with Gasteiger partial charge in [-0.2, -0.15) is 0 Å². The summed E-state index contributed by atoms with van der Waals surface area (Å²) in [5, 5.41) is 7.64. The van der Waals surface area contributed by atoms with E-state index in [4.69, 9.17) is 10.5 Å². The fourth-order valence-electron chi connectivity index (χ4n) is 1.34. The number of aromatic nitrogens is 3. The quantitative estimate of drug-likeness (QED) is 0.634. The summed E-state index contributed by atoms with van der Waals surface area (Å²) < 4.78 is 6.43. The van der Waals surface area contributed by atoms with Gasteiger partial charge in [-0.05, 0) is 6.42 Å². The number of nitrogens with two attached hydrogens (primary N) is 1. The van der Waals surface area contributed by atoms with E-state index in [2.05, 4.69) is 10.3 Å². The zero-order chi connectivity index (χ0) is 12.7. The number of nitrogens with zero attached hydrogens (tertiary/aromatic N) is 4. The van der Waals surface area contributed by atoms with Crippen LogP contribution >= 0.6 is 0 Å². The number of carbonyl (C=O) groups is 1. The summed E-state index contributed by atoms with van der Waals surface area (Å²) >= 11 is 0. The first-order valence-corrected chi connectivity index (χ1v) is 5.49. The maximum Gasteiger partial charge on any atom is 0.244 e. The number of hydrogen-bond donors (Lipinski definition) is 1. The van der Waals surface area contributed by atoms with Crippen LogP contribution in [0.4, 0.5) is 0 Å². The van der Waals surface area contributed by atoms with Gasteiger partial charge in [0, 0.05) is 33.9 Å². The first-order valence-electron chi connectivity index (χ1n) is 5.49. The average Bonchev–Trinajstić information content (AvgIpc) is 2.77. The molecule has 2 N–H and O–H groups in total. The van der Waals surface area contributed by atoms with Crippen LogP contribution in [0.3, 0.4) is 0 Å². The third-order valence-electron chi connectivity index (χ3n) is 2.36. The van der Waals surface area contributed by atoms with Crippen molar-refractivity contribution >= 4 is 5.91 Å². The minimum atomic E-state index is -0.00502. The van der Waals surface area contributed by atoms with Crippen molar-refractivity contribution in [3.05, 3.63) is 11.9 Å². The Labute approximate surface area is 101 Å². The van der Waals surface area contributed by atoms with Gasteiger partial charge in [0.1, 0.15) is 6.54 Å². The number of likely N-dealkylation sites (N-methyl/N-ethyl adjacent to an activating group) is 1. The molecule has 0 aliphatic rings. The molecule has 1 aromatic heterocycles. The Kier molecular flexibility index (Phi) is 5.58. The summed E-state index contributed by atoms with van der Waals surface area (Å²) in [6.45, 7) is 1.84. The Balaban J connectivity index is 2.37. The smallest absolute Gasteiger partial charge is 0.244 e. The lowest BCUT2D eigenvalue weighted by Gasteiger charge is -2.16. The predicted octanol–water partition coefficient (Wildman–Crippen LogP) is -0.768. The molecule has 1 heterocycles. The Morgan fingerprint density at radius 2 is 2.41 bits per heavy atom. The molecule has 0 atom stereocenters. The normalized spacial score (nSPS) is 10.5. The molecule has 7 heteroatoms. The van der Waals surface area contributed by atoms with Crippen LogP contribution in [0.25, 0.3) is 0 Å². The van der Waals surface area contributed by atoms with E-state index in [-0.39, 0.29) is 12.5 Å².